The van der Waals surface area contributed by atoms with Crippen molar-refractivity contribution in [2.75, 3.05) is 0 Å². The largest absolute Gasteiger partial charge is 0.478 e. The number of aryl methyl sites for hydroxylation is 1. The van der Waals surface area contributed by atoms with Gasteiger partial charge in [-0.3, -0.25) is 0 Å². The number of carbonyl (C=O) groups is 1. The van der Waals surface area contributed by atoms with Crippen molar-refractivity contribution in [3.63, 3.8) is 0 Å². The average molecular weight is 170 g/mol. The van der Waals surface area contributed by atoms with E-state index in [1.807, 2.05) is 0 Å². The number of hydrogen-bond donors (Lipinski definition) is 1. The van der Waals surface area contributed by atoms with E-state index in [2.05, 4.69) is 4.98 Å². The van der Waals surface area contributed by atoms with Crippen LogP contribution in [0, 0.1) is 4.77 Å². The lowest BCUT2D eigenvalue weighted by atomic mass is 10.3. The van der Waals surface area contributed by atoms with Crippen LogP contribution in [0.5, 0.6) is 0 Å². The zero-order valence-corrected chi connectivity index (χ0v) is 6.63. The number of carboxylic acid groups (broad SMARTS) is 1. The molecule has 0 aliphatic rings. The molecule has 0 saturated carbocycles. The molecule has 1 aromatic rings. The van der Waals surface area contributed by atoms with E-state index in [0.717, 1.165) is 0 Å². The Morgan fingerprint density at radius 1 is 1.82 bits per heavy atom. The first kappa shape index (κ1) is 7.87. The lowest BCUT2D eigenvalue weighted by molar-refractivity contribution is 0.0695. The second-order valence-electron chi connectivity index (χ2n) is 2.04. The smallest absolute Gasteiger partial charge is 0.338 e. The SMILES string of the molecule is Cn1cc(C(=O)O)cnc1=S. The van der Waals surface area contributed by atoms with Gasteiger partial charge >= 0.3 is 5.97 Å². The van der Waals surface area contributed by atoms with E-state index in [4.69, 9.17) is 17.3 Å². The average Bonchev–Trinajstić information content (AvgIpc) is 1.94. The molecule has 0 fully saturated rings. The molecule has 4 nitrogen and oxygen atoms in total. The van der Waals surface area contributed by atoms with E-state index in [1.165, 1.54) is 17.0 Å². The summed E-state index contributed by atoms with van der Waals surface area (Å²) in [5, 5.41) is 8.51. The van der Waals surface area contributed by atoms with E-state index in [0.29, 0.717) is 4.77 Å². The van der Waals surface area contributed by atoms with Crippen molar-refractivity contribution in [3.8, 4) is 0 Å². The number of aromatic nitrogens is 2. The highest BCUT2D eigenvalue weighted by molar-refractivity contribution is 7.71. The van der Waals surface area contributed by atoms with Crippen LogP contribution in [0.2, 0.25) is 0 Å². The highest BCUT2D eigenvalue weighted by Gasteiger charge is 2.01. The van der Waals surface area contributed by atoms with Gasteiger partial charge in [-0.05, 0) is 12.2 Å². The first-order chi connectivity index (χ1) is 5.11. The van der Waals surface area contributed by atoms with Crippen molar-refractivity contribution in [3.05, 3.63) is 22.7 Å². The van der Waals surface area contributed by atoms with Crippen LogP contribution in [0.4, 0.5) is 0 Å². The Morgan fingerprint density at radius 3 is 2.91 bits per heavy atom. The van der Waals surface area contributed by atoms with E-state index >= 15 is 0 Å². The Balaban J connectivity index is 3.26. The fourth-order valence-electron chi connectivity index (χ4n) is 0.623. The molecular formula is C6H6N2O2S. The molecule has 0 unspecified atom stereocenters. The molecule has 0 atom stereocenters. The van der Waals surface area contributed by atoms with E-state index in [-0.39, 0.29) is 5.56 Å². The molecule has 0 aliphatic carbocycles. The van der Waals surface area contributed by atoms with Crippen LogP contribution in [0.25, 0.3) is 0 Å². The fraction of sp³-hybridized carbons (Fsp3) is 0.167. The van der Waals surface area contributed by atoms with Gasteiger partial charge in [0.15, 0.2) is 4.77 Å². The molecule has 1 aromatic heterocycles. The second kappa shape index (κ2) is 2.79. The third-order valence-corrected chi connectivity index (χ3v) is 1.59. The van der Waals surface area contributed by atoms with Crippen molar-refractivity contribution in [2.45, 2.75) is 0 Å². The van der Waals surface area contributed by atoms with Crippen molar-refractivity contribution in [1.29, 1.82) is 0 Å². The first-order valence-electron chi connectivity index (χ1n) is 2.87. The van der Waals surface area contributed by atoms with Crippen LogP contribution in [0.1, 0.15) is 10.4 Å². The van der Waals surface area contributed by atoms with Gasteiger partial charge < -0.3 is 9.67 Å². The van der Waals surface area contributed by atoms with Crippen LogP contribution >= 0.6 is 12.2 Å². The van der Waals surface area contributed by atoms with Crippen molar-refractivity contribution in [2.24, 2.45) is 7.05 Å². The molecular weight excluding hydrogens is 164 g/mol. The molecule has 0 saturated heterocycles. The summed E-state index contributed by atoms with van der Waals surface area (Å²) in [5.74, 6) is -0.997. The highest BCUT2D eigenvalue weighted by atomic mass is 32.1. The van der Waals surface area contributed by atoms with Crippen LogP contribution in [0.15, 0.2) is 12.4 Å². The van der Waals surface area contributed by atoms with Crippen LogP contribution in [-0.2, 0) is 7.05 Å². The number of rotatable bonds is 1. The molecule has 1 N–H and O–H groups in total. The maximum absolute atomic E-state index is 10.4. The van der Waals surface area contributed by atoms with Gasteiger partial charge in [-0.1, -0.05) is 0 Å². The van der Waals surface area contributed by atoms with Gasteiger partial charge in [-0.15, -0.1) is 0 Å². The van der Waals surface area contributed by atoms with E-state index in [1.54, 1.807) is 7.05 Å². The van der Waals surface area contributed by atoms with Gasteiger partial charge in [0.05, 0.1) is 5.56 Å². The fourth-order valence-corrected chi connectivity index (χ4v) is 0.729. The summed E-state index contributed by atoms with van der Waals surface area (Å²) >= 11 is 4.76. The van der Waals surface area contributed by atoms with Gasteiger partial charge in [-0.2, -0.15) is 0 Å². The highest BCUT2D eigenvalue weighted by Crippen LogP contribution is 1.95. The summed E-state index contributed by atoms with van der Waals surface area (Å²) in [4.78, 5) is 14.1. The molecule has 0 bridgehead atoms. The maximum atomic E-state index is 10.4. The molecule has 0 aliphatic heterocycles. The normalized spacial score (nSPS) is 9.55. The third-order valence-electron chi connectivity index (χ3n) is 1.20. The van der Waals surface area contributed by atoms with Crippen LogP contribution in [-0.4, -0.2) is 20.6 Å². The Labute approximate surface area is 68.1 Å². The number of nitrogens with zero attached hydrogens (tertiary/aromatic N) is 2. The molecule has 1 heterocycles. The Bertz CT molecular complexity index is 345. The Hall–Kier alpha value is -1.23. The molecule has 0 aromatic carbocycles. The topological polar surface area (TPSA) is 55.1 Å². The third kappa shape index (κ3) is 1.62. The minimum Gasteiger partial charge on any atom is -0.478 e. The van der Waals surface area contributed by atoms with E-state index < -0.39 is 5.97 Å². The lowest BCUT2D eigenvalue weighted by Gasteiger charge is -1.97. The molecule has 0 radical (unpaired) electrons. The number of aromatic carboxylic acids is 1. The summed E-state index contributed by atoms with van der Waals surface area (Å²) in [6.45, 7) is 0. The summed E-state index contributed by atoms with van der Waals surface area (Å²) < 4.78 is 1.86. The van der Waals surface area contributed by atoms with Crippen molar-refractivity contribution < 1.29 is 9.90 Å². The zero-order valence-electron chi connectivity index (χ0n) is 5.81. The number of hydrogen-bond acceptors (Lipinski definition) is 3. The Morgan fingerprint density at radius 2 is 2.45 bits per heavy atom. The molecule has 1 rings (SSSR count). The summed E-state index contributed by atoms with van der Waals surface area (Å²) in [5.41, 5.74) is 0.140. The predicted octanol–water partition coefficient (Wildman–Crippen LogP) is 0.848. The van der Waals surface area contributed by atoms with Gasteiger partial charge in [0, 0.05) is 19.4 Å². The zero-order chi connectivity index (χ0) is 8.43. The monoisotopic (exact) mass is 170 g/mol. The number of carboxylic acids is 1. The summed E-state index contributed by atoms with van der Waals surface area (Å²) in [6, 6.07) is 0. The van der Waals surface area contributed by atoms with E-state index in [9.17, 15) is 4.79 Å². The minimum absolute atomic E-state index is 0.140. The molecule has 5 heteroatoms. The second-order valence-corrected chi connectivity index (χ2v) is 2.41. The standard InChI is InChI=1S/C6H6N2O2S/c1-8-3-4(5(9)10)2-7-6(8)11/h2-3H,1H3,(H,9,10). The molecule has 0 spiro atoms. The Kier molecular flexibility index (Phi) is 2.00. The van der Waals surface area contributed by atoms with Crippen LogP contribution < -0.4 is 0 Å². The van der Waals surface area contributed by atoms with Gasteiger partial charge in [-0.25, -0.2) is 9.78 Å². The predicted molar refractivity (Wildman–Crippen MR) is 41.0 cm³/mol. The van der Waals surface area contributed by atoms with Crippen molar-refractivity contribution in [1.82, 2.24) is 9.55 Å². The van der Waals surface area contributed by atoms with Crippen molar-refractivity contribution >= 4 is 18.2 Å². The maximum Gasteiger partial charge on any atom is 0.338 e. The molecule has 0 amide bonds. The van der Waals surface area contributed by atoms with Gasteiger partial charge in [0.2, 0.25) is 0 Å². The lowest BCUT2D eigenvalue weighted by Crippen LogP contribution is -2.03. The summed E-state index contributed by atoms with van der Waals surface area (Å²) in [7, 11) is 1.65. The summed E-state index contributed by atoms with van der Waals surface area (Å²) in [6.07, 6.45) is 2.67. The molecule has 11 heavy (non-hydrogen) atoms. The van der Waals surface area contributed by atoms with Crippen LogP contribution in [0.3, 0.4) is 0 Å². The quantitative estimate of drug-likeness (QED) is 0.635. The minimum atomic E-state index is -0.997. The van der Waals surface area contributed by atoms with Gasteiger partial charge in [0.25, 0.3) is 0 Å². The molecule has 58 valence electrons. The first-order valence-corrected chi connectivity index (χ1v) is 3.28. The van der Waals surface area contributed by atoms with Gasteiger partial charge in [0.1, 0.15) is 0 Å².